The largest absolute Gasteiger partial charge is 0.335 e. The van der Waals surface area contributed by atoms with Crippen LogP contribution in [-0.2, 0) is 17.8 Å². The van der Waals surface area contributed by atoms with E-state index in [1.165, 1.54) is 16.8 Å². The van der Waals surface area contributed by atoms with Gasteiger partial charge >= 0.3 is 0 Å². The predicted molar refractivity (Wildman–Crippen MR) is 152 cm³/mol. The molecule has 5 rings (SSSR count). The van der Waals surface area contributed by atoms with Crippen molar-refractivity contribution in [1.82, 2.24) is 14.2 Å². The third-order valence-corrected chi connectivity index (χ3v) is 6.83. The van der Waals surface area contributed by atoms with Gasteiger partial charge in [0.2, 0.25) is 5.91 Å². The van der Waals surface area contributed by atoms with Crippen molar-refractivity contribution in [2.24, 2.45) is 5.10 Å². The zero-order valence-corrected chi connectivity index (χ0v) is 22.5. The lowest BCUT2D eigenvalue weighted by molar-refractivity contribution is -0.116. The first-order valence-corrected chi connectivity index (χ1v) is 13.0. The molecule has 3 aromatic carbocycles. The second-order valence-electron chi connectivity index (χ2n) is 8.96. The quantitative estimate of drug-likeness (QED) is 0.241. The maximum atomic E-state index is 13.6. The van der Waals surface area contributed by atoms with Crippen LogP contribution >= 0.6 is 15.9 Å². The second-order valence-corrected chi connectivity index (χ2v) is 9.88. The van der Waals surface area contributed by atoms with Gasteiger partial charge in [0, 0.05) is 38.7 Å². The number of benzene rings is 3. The molecule has 0 aliphatic heterocycles. The van der Waals surface area contributed by atoms with Crippen LogP contribution in [0.5, 0.6) is 0 Å². The van der Waals surface area contributed by atoms with Gasteiger partial charge in [-0.3, -0.25) is 9.59 Å². The number of para-hydroxylation sites is 1. The van der Waals surface area contributed by atoms with Crippen LogP contribution in [0.1, 0.15) is 30.4 Å². The van der Waals surface area contributed by atoms with Crippen LogP contribution < -0.4 is 10.9 Å². The number of anilines is 1. The van der Waals surface area contributed by atoms with Crippen LogP contribution in [0.25, 0.3) is 21.8 Å². The van der Waals surface area contributed by atoms with Gasteiger partial charge in [-0.15, -0.1) is 0 Å². The van der Waals surface area contributed by atoms with Crippen molar-refractivity contribution in [3.63, 3.8) is 0 Å². The van der Waals surface area contributed by atoms with Gasteiger partial charge in [0.1, 0.15) is 18.2 Å². The van der Waals surface area contributed by atoms with Crippen molar-refractivity contribution in [3.05, 3.63) is 104 Å². The van der Waals surface area contributed by atoms with Crippen molar-refractivity contribution in [2.45, 2.75) is 33.2 Å². The molecule has 1 N–H and O–H groups in total. The summed E-state index contributed by atoms with van der Waals surface area (Å²) in [6.07, 6.45) is 3.06. The van der Waals surface area contributed by atoms with Crippen LogP contribution in [0.4, 0.5) is 10.1 Å². The molecular weight excluding hydrogens is 549 g/mol. The van der Waals surface area contributed by atoms with Crippen LogP contribution in [-0.4, -0.2) is 26.3 Å². The van der Waals surface area contributed by atoms with Gasteiger partial charge in [-0.05, 0) is 55.8 Å². The van der Waals surface area contributed by atoms with Gasteiger partial charge in [-0.1, -0.05) is 47.1 Å². The lowest BCUT2D eigenvalue weighted by atomic mass is 10.1. The highest BCUT2D eigenvalue weighted by molar-refractivity contribution is 9.10. The van der Waals surface area contributed by atoms with Crippen molar-refractivity contribution >= 4 is 55.5 Å². The van der Waals surface area contributed by atoms with Crippen LogP contribution in [0.15, 0.2) is 81.1 Å². The molecule has 2 aromatic heterocycles. The molecule has 2 heterocycles. The Kier molecular flexibility index (Phi) is 7.20. The van der Waals surface area contributed by atoms with Crippen LogP contribution in [0.2, 0.25) is 0 Å². The van der Waals surface area contributed by atoms with E-state index < -0.39 is 5.82 Å². The number of hydrogen-bond donors (Lipinski definition) is 1. The Hall–Kier alpha value is -4.11. The molecule has 192 valence electrons. The lowest BCUT2D eigenvalue weighted by Crippen LogP contribution is -2.22. The highest BCUT2D eigenvalue weighted by atomic mass is 79.9. The summed E-state index contributed by atoms with van der Waals surface area (Å²) in [6, 6.07) is 18.9. The molecule has 0 radical (unpaired) electrons. The number of carbonyl (C=O) groups is 1. The summed E-state index contributed by atoms with van der Waals surface area (Å²) >= 11 is 3.43. The van der Waals surface area contributed by atoms with Gasteiger partial charge in [0.05, 0.1) is 17.1 Å². The minimum Gasteiger partial charge on any atom is -0.335 e. The SMILES string of the molecule is CCCc1nc2ccc(Br)cc2c(=O)n1N=Cc1c(C)n(CC(=O)Nc2cccc(F)c2)c2ccccc12. The van der Waals surface area contributed by atoms with Crippen molar-refractivity contribution < 1.29 is 9.18 Å². The molecule has 9 heteroatoms. The number of nitrogens with one attached hydrogen (secondary N) is 1. The standard InChI is InChI=1S/C29H25BrFN5O2/c1-3-7-27-34-25-13-12-19(30)14-23(25)29(38)36(27)32-16-24-18(2)35(26-11-5-4-10-22(24)26)17-28(37)33-21-9-6-8-20(31)15-21/h4-6,8-16H,3,7,17H2,1-2H3,(H,33,37). The molecule has 0 aliphatic rings. The zero-order valence-electron chi connectivity index (χ0n) is 20.9. The Labute approximate surface area is 226 Å². The summed E-state index contributed by atoms with van der Waals surface area (Å²) in [5, 5.41) is 8.72. The predicted octanol–water partition coefficient (Wildman–Crippen LogP) is 6.03. The number of hydrogen-bond acceptors (Lipinski definition) is 4. The fraction of sp³-hybridized carbons (Fsp3) is 0.172. The minimum atomic E-state index is -0.419. The van der Waals surface area contributed by atoms with E-state index in [2.05, 4.69) is 26.3 Å². The van der Waals surface area contributed by atoms with Crippen LogP contribution in [0, 0.1) is 12.7 Å². The highest BCUT2D eigenvalue weighted by Gasteiger charge is 2.16. The molecule has 0 fully saturated rings. The van der Waals surface area contributed by atoms with E-state index >= 15 is 0 Å². The van der Waals surface area contributed by atoms with Crippen molar-refractivity contribution in [1.29, 1.82) is 0 Å². The molecule has 1 amide bonds. The lowest BCUT2D eigenvalue weighted by Gasteiger charge is -2.10. The fourth-order valence-electron chi connectivity index (χ4n) is 4.55. The summed E-state index contributed by atoms with van der Waals surface area (Å²) in [7, 11) is 0. The molecule has 0 saturated carbocycles. The average Bonchev–Trinajstić information content (AvgIpc) is 3.15. The number of carbonyl (C=O) groups excluding carboxylic acids is 1. The Morgan fingerprint density at radius 1 is 1.11 bits per heavy atom. The molecule has 5 aromatic rings. The van der Waals surface area contributed by atoms with E-state index in [0.29, 0.717) is 28.8 Å². The first kappa shape index (κ1) is 25.5. The summed E-state index contributed by atoms with van der Waals surface area (Å²) in [5.74, 6) is -0.120. The van der Waals surface area contributed by atoms with Gasteiger partial charge < -0.3 is 9.88 Å². The molecule has 7 nitrogen and oxygen atoms in total. The molecule has 0 aliphatic carbocycles. The molecule has 0 spiro atoms. The number of nitrogens with zero attached hydrogens (tertiary/aromatic N) is 4. The number of aromatic nitrogens is 3. The third-order valence-electron chi connectivity index (χ3n) is 6.34. The summed E-state index contributed by atoms with van der Waals surface area (Å²) in [4.78, 5) is 30.9. The molecule has 0 unspecified atom stereocenters. The van der Waals surface area contributed by atoms with Crippen LogP contribution in [0.3, 0.4) is 0 Å². The van der Waals surface area contributed by atoms with E-state index in [-0.39, 0.29) is 18.0 Å². The summed E-state index contributed by atoms with van der Waals surface area (Å²) < 4.78 is 17.6. The van der Waals surface area contributed by atoms with Gasteiger partial charge in [-0.25, -0.2) is 9.37 Å². The first-order valence-electron chi connectivity index (χ1n) is 12.2. The smallest absolute Gasteiger partial charge is 0.282 e. The number of fused-ring (bicyclic) bond motifs is 2. The number of halogens is 2. The van der Waals surface area contributed by atoms with E-state index in [0.717, 1.165) is 33.1 Å². The van der Waals surface area contributed by atoms with Gasteiger partial charge in [0.15, 0.2) is 0 Å². The van der Waals surface area contributed by atoms with Crippen molar-refractivity contribution in [2.75, 3.05) is 5.32 Å². The highest BCUT2D eigenvalue weighted by Crippen LogP contribution is 2.25. The van der Waals surface area contributed by atoms with E-state index in [4.69, 9.17) is 4.98 Å². The Morgan fingerprint density at radius 2 is 1.92 bits per heavy atom. The normalized spacial score (nSPS) is 11.6. The maximum Gasteiger partial charge on any atom is 0.282 e. The Morgan fingerprint density at radius 3 is 2.71 bits per heavy atom. The Balaban J connectivity index is 1.55. The van der Waals surface area contributed by atoms with Gasteiger partial charge in [0.25, 0.3) is 5.56 Å². The topological polar surface area (TPSA) is 81.3 Å². The fourth-order valence-corrected chi connectivity index (χ4v) is 4.91. The van der Waals surface area contributed by atoms with Gasteiger partial charge in [-0.2, -0.15) is 9.78 Å². The Bertz CT molecular complexity index is 1770. The number of rotatable bonds is 7. The second kappa shape index (κ2) is 10.7. The average molecular weight is 574 g/mol. The molecule has 0 saturated heterocycles. The van der Waals surface area contributed by atoms with Crippen molar-refractivity contribution in [3.8, 4) is 0 Å². The zero-order chi connectivity index (χ0) is 26.8. The molecule has 0 atom stereocenters. The van der Waals surface area contributed by atoms with E-state index in [1.807, 2.05) is 54.8 Å². The first-order chi connectivity index (χ1) is 18.4. The molecule has 38 heavy (non-hydrogen) atoms. The van der Waals surface area contributed by atoms with E-state index in [9.17, 15) is 14.0 Å². The minimum absolute atomic E-state index is 0.0310. The molecule has 0 bridgehead atoms. The van der Waals surface area contributed by atoms with E-state index in [1.54, 1.807) is 24.4 Å². The monoisotopic (exact) mass is 573 g/mol. The maximum absolute atomic E-state index is 13.6. The number of amides is 1. The summed E-state index contributed by atoms with van der Waals surface area (Å²) in [5.41, 5.74) is 3.23. The number of aryl methyl sites for hydroxylation is 1. The summed E-state index contributed by atoms with van der Waals surface area (Å²) in [6.45, 7) is 3.96. The molecular formula is C29H25BrFN5O2. The third kappa shape index (κ3) is 5.02.